The van der Waals surface area contributed by atoms with E-state index in [1.54, 1.807) is 6.07 Å². The third-order valence-electron chi connectivity index (χ3n) is 4.40. The quantitative estimate of drug-likeness (QED) is 0.490. The average molecular weight is 420 g/mol. The van der Waals surface area contributed by atoms with E-state index in [2.05, 4.69) is 33.4 Å². The van der Waals surface area contributed by atoms with Crippen molar-refractivity contribution in [1.29, 1.82) is 0 Å². The zero-order chi connectivity index (χ0) is 18.8. The number of hydrogen-bond donors (Lipinski definition) is 1. The summed E-state index contributed by atoms with van der Waals surface area (Å²) in [7, 11) is 0. The fourth-order valence-corrected chi connectivity index (χ4v) is 3.53. The van der Waals surface area contributed by atoms with Crippen LogP contribution in [0.1, 0.15) is 27.2 Å². The molecule has 0 aliphatic rings. The van der Waals surface area contributed by atoms with Gasteiger partial charge >= 0.3 is 0 Å². The molecule has 0 saturated heterocycles. The second-order valence-corrected chi connectivity index (χ2v) is 7.29. The van der Waals surface area contributed by atoms with Gasteiger partial charge in [-0.3, -0.25) is 9.20 Å². The van der Waals surface area contributed by atoms with Crippen molar-refractivity contribution >= 4 is 33.3 Å². The lowest BCUT2D eigenvalue weighted by atomic mass is 10.1. The van der Waals surface area contributed by atoms with Crippen LogP contribution < -0.4 is 5.32 Å². The first-order valence-electron chi connectivity index (χ1n) is 8.69. The number of aromatic nitrogens is 2. The summed E-state index contributed by atoms with van der Waals surface area (Å²) < 4.78 is 2.71. The Morgan fingerprint density at radius 1 is 1.04 bits per heavy atom. The third kappa shape index (κ3) is 3.64. The summed E-state index contributed by atoms with van der Waals surface area (Å²) in [6, 6.07) is 21.5. The van der Waals surface area contributed by atoms with E-state index >= 15 is 0 Å². The normalized spacial score (nSPS) is 10.9. The maximum absolute atomic E-state index is 12.9. The van der Waals surface area contributed by atoms with Gasteiger partial charge in [0.25, 0.3) is 5.91 Å². The van der Waals surface area contributed by atoms with E-state index in [0.29, 0.717) is 17.8 Å². The van der Waals surface area contributed by atoms with Gasteiger partial charge < -0.3 is 5.32 Å². The summed E-state index contributed by atoms with van der Waals surface area (Å²) >= 11 is 3.45. The number of amides is 1. The zero-order valence-corrected chi connectivity index (χ0v) is 16.4. The smallest absolute Gasteiger partial charge is 0.257 e. The van der Waals surface area contributed by atoms with E-state index in [1.807, 2.05) is 66.1 Å². The van der Waals surface area contributed by atoms with Gasteiger partial charge in [-0.1, -0.05) is 48.5 Å². The molecule has 0 aliphatic heterocycles. The predicted octanol–water partition coefficient (Wildman–Crippen LogP) is 5.25. The number of anilines is 1. The zero-order valence-electron chi connectivity index (χ0n) is 14.8. The first kappa shape index (κ1) is 17.5. The monoisotopic (exact) mass is 419 g/mol. The van der Waals surface area contributed by atoms with Crippen molar-refractivity contribution in [2.24, 2.45) is 0 Å². The molecule has 4 aromatic rings. The highest BCUT2D eigenvalue weighted by Crippen LogP contribution is 2.24. The molecule has 4 nitrogen and oxygen atoms in total. The van der Waals surface area contributed by atoms with Crippen molar-refractivity contribution in [2.45, 2.75) is 13.3 Å². The van der Waals surface area contributed by atoms with Crippen LogP contribution in [0.25, 0.3) is 5.65 Å². The van der Waals surface area contributed by atoms with E-state index in [-0.39, 0.29) is 5.91 Å². The molecule has 134 valence electrons. The van der Waals surface area contributed by atoms with Gasteiger partial charge in [-0.05, 0) is 52.2 Å². The molecule has 0 atom stereocenters. The van der Waals surface area contributed by atoms with Crippen LogP contribution in [0, 0.1) is 6.92 Å². The number of carbonyl (C=O) groups is 1. The number of rotatable bonds is 4. The largest absolute Gasteiger partial charge is 0.306 e. The van der Waals surface area contributed by atoms with Gasteiger partial charge in [0.1, 0.15) is 11.5 Å². The summed E-state index contributed by atoms with van der Waals surface area (Å²) in [6.07, 6.45) is 2.64. The Hall–Kier alpha value is -2.92. The number of pyridine rings is 1. The number of nitrogens with one attached hydrogen (secondary N) is 1. The van der Waals surface area contributed by atoms with Crippen LogP contribution in [-0.2, 0) is 6.42 Å². The predicted molar refractivity (Wildman–Crippen MR) is 111 cm³/mol. The first-order chi connectivity index (χ1) is 13.1. The molecule has 0 fully saturated rings. The van der Waals surface area contributed by atoms with Gasteiger partial charge in [0.05, 0.1) is 11.3 Å². The molecule has 0 spiro atoms. The van der Waals surface area contributed by atoms with Crippen molar-refractivity contribution in [3.63, 3.8) is 0 Å². The molecule has 27 heavy (non-hydrogen) atoms. The van der Waals surface area contributed by atoms with E-state index < -0.39 is 0 Å². The third-order valence-corrected chi connectivity index (χ3v) is 5.09. The number of halogens is 1. The van der Waals surface area contributed by atoms with Crippen LogP contribution in [0.15, 0.2) is 77.4 Å². The lowest BCUT2D eigenvalue weighted by molar-refractivity contribution is 0.102. The molecule has 1 amide bonds. The highest BCUT2D eigenvalue weighted by Gasteiger charge is 2.17. The van der Waals surface area contributed by atoms with E-state index in [4.69, 9.17) is 4.98 Å². The SMILES string of the molecule is Cc1ccc2nc(Cc3ccccc3)c(NC(=O)c3ccccc3Br)n2c1. The molecule has 0 saturated carbocycles. The first-order valence-corrected chi connectivity index (χ1v) is 9.48. The number of imidazole rings is 1. The highest BCUT2D eigenvalue weighted by molar-refractivity contribution is 9.10. The summed E-state index contributed by atoms with van der Waals surface area (Å²) in [5.41, 5.74) is 4.49. The highest BCUT2D eigenvalue weighted by atomic mass is 79.9. The van der Waals surface area contributed by atoms with Crippen molar-refractivity contribution < 1.29 is 4.79 Å². The Kier molecular flexibility index (Phi) is 4.77. The lowest BCUT2D eigenvalue weighted by Gasteiger charge is -2.09. The molecule has 0 aliphatic carbocycles. The molecule has 1 N–H and O–H groups in total. The Morgan fingerprint density at radius 2 is 1.78 bits per heavy atom. The number of hydrogen-bond acceptors (Lipinski definition) is 2. The van der Waals surface area contributed by atoms with Crippen LogP contribution in [0.5, 0.6) is 0 Å². The fourth-order valence-electron chi connectivity index (χ4n) is 3.06. The van der Waals surface area contributed by atoms with Crippen molar-refractivity contribution in [2.75, 3.05) is 5.32 Å². The summed E-state index contributed by atoms with van der Waals surface area (Å²) in [5.74, 6) is 0.540. The van der Waals surface area contributed by atoms with Crippen LogP contribution in [0.4, 0.5) is 5.82 Å². The Morgan fingerprint density at radius 3 is 2.56 bits per heavy atom. The summed E-state index contributed by atoms with van der Waals surface area (Å²) in [4.78, 5) is 17.6. The van der Waals surface area contributed by atoms with Gasteiger partial charge in [-0.15, -0.1) is 0 Å². The van der Waals surface area contributed by atoms with Gasteiger partial charge in [0.15, 0.2) is 0 Å². The minimum absolute atomic E-state index is 0.167. The molecule has 5 heteroatoms. The van der Waals surface area contributed by atoms with Crippen LogP contribution in [-0.4, -0.2) is 15.3 Å². The molecular weight excluding hydrogens is 402 g/mol. The average Bonchev–Trinajstić information content (AvgIpc) is 2.99. The van der Waals surface area contributed by atoms with Crippen LogP contribution in [0.3, 0.4) is 0 Å². The summed E-state index contributed by atoms with van der Waals surface area (Å²) in [6.45, 7) is 2.02. The molecule has 0 radical (unpaired) electrons. The summed E-state index contributed by atoms with van der Waals surface area (Å²) in [5, 5.41) is 3.07. The second kappa shape index (κ2) is 7.37. The molecule has 4 rings (SSSR count). The van der Waals surface area contributed by atoms with Gasteiger partial charge in [-0.2, -0.15) is 0 Å². The molecule has 0 unspecified atom stereocenters. The van der Waals surface area contributed by atoms with Gasteiger partial charge in [0.2, 0.25) is 0 Å². The van der Waals surface area contributed by atoms with E-state index in [9.17, 15) is 4.79 Å². The molecular formula is C22H18BrN3O. The number of nitrogens with zero attached hydrogens (tertiary/aromatic N) is 2. The second-order valence-electron chi connectivity index (χ2n) is 6.44. The lowest BCUT2D eigenvalue weighted by Crippen LogP contribution is -2.15. The molecule has 0 bridgehead atoms. The van der Waals surface area contributed by atoms with Crippen molar-refractivity contribution in [1.82, 2.24) is 9.38 Å². The van der Waals surface area contributed by atoms with E-state index in [0.717, 1.165) is 26.9 Å². The molecule has 2 heterocycles. The standard InChI is InChI=1S/C22H18BrN3O/c1-15-11-12-20-24-19(13-16-7-3-2-4-8-16)21(26(20)14-15)25-22(27)17-9-5-6-10-18(17)23/h2-12,14H,13H2,1H3,(H,25,27). The van der Waals surface area contributed by atoms with Crippen molar-refractivity contribution in [3.05, 3.63) is 99.8 Å². The minimum atomic E-state index is -0.167. The van der Waals surface area contributed by atoms with Crippen LogP contribution >= 0.6 is 15.9 Å². The Bertz CT molecular complexity index is 1120. The molecule has 2 aromatic carbocycles. The Labute approximate surface area is 166 Å². The van der Waals surface area contributed by atoms with Crippen molar-refractivity contribution in [3.8, 4) is 0 Å². The van der Waals surface area contributed by atoms with Crippen LogP contribution in [0.2, 0.25) is 0 Å². The minimum Gasteiger partial charge on any atom is -0.306 e. The topological polar surface area (TPSA) is 46.4 Å². The number of carbonyl (C=O) groups excluding carboxylic acids is 1. The van der Waals surface area contributed by atoms with Gasteiger partial charge in [0, 0.05) is 17.1 Å². The fraction of sp³-hybridized carbons (Fsp3) is 0.0909. The van der Waals surface area contributed by atoms with Gasteiger partial charge in [-0.25, -0.2) is 4.98 Å². The number of benzene rings is 2. The number of fused-ring (bicyclic) bond motifs is 1. The number of aryl methyl sites for hydroxylation is 1. The maximum Gasteiger partial charge on any atom is 0.257 e. The maximum atomic E-state index is 12.9. The van der Waals surface area contributed by atoms with E-state index in [1.165, 1.54) is 0 Å². The Balaban J connectivity index is 1.77. The molecule has 2 aromatic heterocycles.